The van der Waals surface area contributed by atoms with Crippen molar-refractivity contribution in [1.82, 2.24) is 9.80 Å². The van der Waals surface area contributed by atoms with Gasteiger partial charge in [-0.3, -0.25) is 9.59 Å². The van der Waals surface area contributed by atoms with Gasteiger partial charge >= 0.3 is 0 Å². The second-order valence-corrected chi connectivity index (χ2v) is 8.83. The number of benzene rings is 2. The van der Waals surface area contributed by atoms with E-state index < -0.39 is 6.04 Å². The summed E-state index contributed by atoms with van der Waals surface area (Å²) in [5.41, 5.74) is 1.41. The first-order valence-corrected chi connectivity index (χ1v) is 11.9. The number of amides is 1. The third-order valence-corrected chi connectivity index (χ3v) is 6.51. The Morgan fingerprint density at radius 2 is 1.97 bits per heavy atom. The second-order valence-electron chi connectivity index (χ2n) is 7.91. The topological polar surface area (TPSA) is 63.0 Å². The third kappa shape index (κ3) is 4.48. The summed E-state index contributed by atoms with van der Waals surface area (Å²) in [7, 11) is 0. The molecule has 4 rings (SSSR count). The standard InChI is InChI=1S/C26H27BrN2O4/c1-4-14-32-19-9-7-8-17(15-19)23-22-24(30)20-16-18(27)10-11-21(20)33-25(22)26(31)29(23)13-12-28(5-2)6-3/h4,7-11,15-16,23H,1,5-6,12-14H2,2-3H3. The van der Waals surface area contributed by atoms with Gasteiger partial charge < -0.3 is 19.0 Å². The quantitative estimate of drug-likeness (QED) is 0.378. The molecular weight excluding hydrogens is 484 g/mol. The molecule has 0 N–H and O–H groups in total. The molecule has 172 valence electrons. The van der Waals surface area contributed by atoms with Crippen LogP contribution in [0.2, 0.25) is 0 Å². The molecule has 0 saturated carbocycles. The van der Waals surface area contributed by atoms with E-state index in [9.17, 15) is 9.59 Å². The van der Waals surface area contributed by atoms with Crippen molar-refractivity contribution in [3.05, 3.63) is 86.7 Å². The normalized spacial score (nSPS) is 15.3. The largest absolute Gasteiger partial charge is 0.490 e. The number of carbonyl (C=O) groups is 1. The minimum atomic E-state index is -0.546. The predicted molar refractivity (Wildman–Crippen MR) is 133 cm³/mol. The number of halogens is 1. The Morgan fingerprint density at radius 3 is 2.70 bits per heavy atom. The van der Waals surface area contributed by atoms with Gasteiger partial charge in [-0.2, -0.15) is 0 Å². The Hall–Kier alpha value is -2.90. The fraction of sp³-hybridized carbons (Fsp3) is 0.308. The highest BCUT2D eigenvalue weighted by atomic mass is 79.9. The van der Waals surface area contributed by atoms with Crippen molar-refractivity contribution in [2.24, 2.45) is 0 Å². The van der Waals surface area contributed by atoms with E-state index in [-0.39, 0.29) is 17.1 Å². The number of hydrogen-bond acceptors (Lipinski definition) is 5. The molecule has 0 radical (unpaired) electrons. The summed E-state index contributed by atoms with van der Waals surface area (Å²) in [5.74, 6) is 0.517. The van der Waals surface area contributed by atoms with Crippen LogP contribution in [0.15, 0.2) is 68.8 Å². The highest BCUT2D eigenvalue weighted by molar-refractivity contribution is 9.10. The molecule has 7 heteroatoms. The zero-order valence-electron chi connectivity index (χ0n) is 18.8. The molecule has 1 aliphatic rings. The minimum absolute atomic E-state index is 0.122. The van der Waals surface area contributed by atoms with E-state index in [0.29, 0.717) is 42.0 Å². The van der Waals surface area contributed by atoms with Crippen LogP contribution in [0, 0.1) is 0 Å². The maximum Gasteiger partial charge on any atom is 0.290 e. The maximum absolute atomic E-state index is 13.6. The van der Waals surface area contributed by atoms with Crippen molar-refractivity contribution in [3.63, 3.8) is 0 Å². The molecule has 1 atom stereocenters. The molecule has 1 aromatic heterocycles. The zero-order valence-corrected chi connectivity index (χ0v) is 20.4. The van der Waals surface area contributed by atoms with E-state index in [1.165, 1.54) is 0 Å². The Labute approximate surface area is 201 Å². The van der Waals surface area contributed by atoms with Crippen molar-refractivity contribution in [3.8, 4) is 5.75 Å². The average molecular weight is 511 g/mol. The minimum Gasteiger partial charge on any atom is -0.490 e. The average Bonchev–Trinajstić information content (AvgIpc) is 3.11. The molecule has 33 heavy (non-hydrogen) atoms. The fourth-order valence-electron chi connectivity index (χ4n) is 4.29. The highest BCUT2D eigenvalue weighted by Gasteiger charge is 2.42. The first-order valence-electron chi connectivity index (χ1n) is 11.1. The molecule has 6 nitrogen and oxygen atoms in total. The van der Waals surface area contributed by atoms with Crippen molar-refractivity contribution < 1.29 is 13.9 Å². The van der Waals surface area contributed by atoms with Crippen molar-refractivity contribution >= 4 is 32.8 Å². The van der Waals surface area contributed by atoms with Gasteiger partial charge in [0.2, 0.25) is 5.76 Å². The number of carbonyl (C=O) groups excluding carboxylic acids is 1. The van der Waals surface area contributed by atoms with Gasteiger partial charge in [-0.1, -0.05) is 54.6 Å². The lowest BCUT2D eigenvalue weighted by molar-refractivity contribution is 0.0708. The summed E-state index contributed by atoms with van der Waals surface area (Å²) < 4.78 is 12.5. The summed E-state index contributed by atoms with van der Waals surface area (Å²) in [4.78, 5) is 31.1. The van der Waals surface area contributed by atoms with Crippen LogP contribution in [0.25, 0.3) is 11.0 Å². The van der Waals surface area contributed by atoms with Crippen LogP contribution in [-0.2, 0) is 0 Å². The molecule has 1 aliphatic heterocycles. The summed E-state index contributed by atoms with van der Waals surface area (Å²) in [6, 6.07) is 12.2. The van der Waals surface area contributed by atoms with E-state index in [4.69, 9.17) is 9.15 Å². The summed E-state index contributed by atoms with van der Waals surface area (Å²) in [5, 5.41) is 0.450. The molecular formula is C26H27BrN2O4. The van der Waals surface area contributed by atoms with Crippen LogP contribution >= 0.6 is 15.9 Å². The number of nitrogens with zero attached hydrogens (tertiary/aromatic N) is 2. The number of rotatable bonds is 9. The maximum atomic E-state index is 13.6. The Morgan fingerprint density at radius 1 is 1.18 bits per heavy atom. The van der Waals surface area contributed by atoms with Gasteiger partial charge in [0.1, 0.15) is 17.9 Å². The number of fused-ring (bicyclic) bond motifs is 2. The number of ether oxygens (including phenoxy) is 1. The van der Waals surface area contributed by atoms with Crippen molar-refractivity contribution in [1.29, 1.82) is 0 Å². The molecule has 2 heterocycles. The van der Waals surface area contributed by atoms with E-state index in [1.54, 1.807) is 29.2 Å². The van der Waals surface area contributed by atoms with E-state index in [0.717, 1.165) is 23.1 Å². The predicted octanol–water partition coefficient (Wildman–Crippen LogP) is 5.01. The summed E-state index contributed by atoms with van der Waals surface area (Å²) >= 11 is 3.43. The van der Waals surface area contributed by atoms with Gasteiger partial charge in [0, 0.05) is 17.6 Å². The van der Waals surface area contributed by atoms with Crippen LogP contribution in [0.5, 0.6) is 5.75 Å². The third-order valence-electron chi connectivity index (χ3n) is 6.02. The van der Waals surface area contributed by atoms with Gasteiger partial charge in [-0.25, -0.2) is 0 Å². The zero-order chi connectivity index (χ0) is 23.5. The number of likely N-dealkylation sites (N-methyl/N-ethyl adjacent to an activating group) is 1. The summed E-state index contributed by atoms with van der Waals surface area (Å²) in [6.45, 7) is 11.2. The van der Waals surface area contributed by atoms with Crippen LogP contribution in [-0.4, -0.2) is 48.5 Å². The molecule has 0 saturated heterocycles. The Kier molecular flexibility index (Phi) is 7.00. The number of hydrogen-bond donors (Lipinski definition) is 0. The molecule has 0 aliphatic carbocycles. The van der Waals surface area contributed by atoms with Crippen LogP contribution < -0.4 is 10.2 Å². The molecule has 1 unspecified atom stereocenters. The van der Waals surface area contributed by atoms with Crippen LogP contribution in [0.4, 0.5) is 0 Å². The monoisotopic (exact) mass is 510 g/mol. The van der Waals surface area contributed by atoms with E-state index >= 15 is 0 Å². The van der Waals surface area contributed by atoms with Gasteiger partial charge in [0.25, 0.3) is 5.91 Å². The van der Waals surface area contributed by atoms with Crippen LogP contribution in [0.3, 0.4) is 0 Å². The van der Waals surface area contributed by atoms with Crippen LogP contribution in [0.1, 0.15) is 41.6 Å². The molecule has 0 spiro atoms. The van der Waals surface area contributed by atoms with Gasteiger partial charge in [0.15, 0.2) is 5.43 Å². The van der Waals surface area contributed by atoms with Gasteiger partial charge in [-0.15, -0.1) is 0 Å². The first kappa shape index (κ1) is 23.3. The fourth-order valence-corrected chi connectivity index (χ4v) is 4.65. The second kappa shape index (κ2) is 9.93. The molecule has 2 aromatic carbocycles. The highest BCUT2D eigenvalue weighted by Crippen LogP contribution is 2.39. The lowest BCUT2D eigenvalue weighted by Crippen LogP contribution is -2.37. The molecule has 3 aromatic rings. The molecule has 1 amide bonds. The summed E-state index contributed by atoms with van der Waals surface area (Å²) in [6.07, 6.45) is 1.68. The van der Waals surface area contributed by atoms with E-state index in [1.807, 2.05) is 24.3 Å². The lowest BCUT2D eigenvalue weighted by atomic mass is 9.98. The van der Waals surface area contributed by atoms with Crippen molar-refractivity contribution in [2.75, 3.05) is 32.8 Å². The molecule has 0 fully saturated rings. The Bertz CT molecular complexity index is 1250. The first-order chi connectivity index (χ1) is 16.0. The molecule has 0 bridgehead atoms. The van der Waals surface area contributed by atoms with Gasteiger partial charge in [-0.05, 0) is 49.0 Å². The Balaban J connectivity index is 1.85. The lowest BCUT2D eigenvalue weighted by Gasteiger charge is -2.28. The van der Waals surface area contributed by atoms with Gasteiger partial charge in [0.05, 0.1) is 17.0 Å². The van der Waals surface area contributed by atoms with E-state index in [2.05, 4.69) is 41.3 Å². The SMILES string of the molecule is C=CCOc1cccc(C2c3c(oc4ccc(Br)cc4c3=O)C(=O)N2CCN(CC)CC)c1. The smallest absolute Gasteiger partial charge is 0.290 e. The van der Waals surface area contributed by atoms with Crippen molar-refractivity contribution in [2.45, 2.75) is 19.9 Å².